The third-order valence-electron chi connectivity index (χ3n) is 2.00. The molecule has 0 unspecified atom stereocenters. The number of hydrogen-bond acceptors (Lipinski definition) is 3. The molecule has 0 radical (unpaired) electrons. The predicted octanol–water partition coefficient (Wildman–Crippen LogP) is 1.90. The van der Waals surface area contributed by atoms with E-state index in [4.69, 9.17) is 16.3 Å². The highest BCUT2D eigenvalue weighted by molar-refractivity contribution is 6.17. The minimum atomic E-state index is 0.487. The lowest BCUT2D eigenvalue weighted by Gasteiger charge is -2.19. The maximum Gasteiger partial charge on any atom is 0.132 e. The number of rotatable bonds is 5. The summed E-state index contributed by atoms with van der Waals surface area (Å²) in [6.45, 7) is 1.51. The summed E-state index contributed by atoms with van der Waals surface area (Å²) in [6.07, 6.45) is 1.77. The van der Waals surface area contributed by atoms with Gasteiger partial charge in [0.1, 0.15) is 5.82 Å². The minimum Gasteiger partial charge on any atom is -0.383 e. The molecule has 0 fully saturated rings. The zero-order valence-electron chi connectivity index (χ0n) is 8.53. The van der Waals surface area contributed by atoms with E-state index in [0.717, 1.165) is 17.9 Å². The van der Waals surface area contributed by atoms with Crippen LogP contribution in [0.25, 0.3) is 0 Å². The van der Waals surface area contributed by atoms with Gasteiger partial charge >= 0.3 is 0 Å². The maximum atomic E-state index is 5.81. The molecule has 0 bridgehead atoms. The van der Waals surface area contributed by atoms with E-state index in [1.807, 2.05) is 24.1 Å². The van der Waals surface area contributed by atoms with Crippen LogP contribution in [0.15, 0.2) is 18.3 Å². The molecule has 1 aromatic rings. The van der Waals surface area contributed by atoms with Crippen molar-refractivity contribution >= 4 is 17.4 Å². The number of hydrogen-bond donors (Lipinski definition) is 0. The van der Waals surface area contributed by atoms with E-state index in [1.54, 1.807) is 13.3 Å². The summed E-state index contributed by atoms with van der Waals surface area (Å²) in [7, 11) is 3.67. The van der Waals surface area contributed by atoms with Crippen LogP contribution >= 0.6 is 11.6 Å². The molecule has 1 aromatic heterocycles. The van der Waals surface area contributed by atoms with Gasteiger partial charge in [-0.3, -0.25) is 0 Å². The number of methoxy groups -OCH3 is 1. The van der Waals surface area contributed by atoms with Gasteiger partial charge in [-0.2, -0.15) is 0 Å². The highest BCUT2D eigenvalue weighted by atomic mass is 35.5. The third-order valence-corrected chi connectivity index (χ3v) is 2.29. The highest BCUT2D eigenvalue weighted by Crippen LogP contribution is 2.17. The van der Waals surface area contributed by atoms with E-state index >= 15 is 0 Å². The van der Waals surface area contributed by atoms with Gasteiger partial charge < -0.3 is 9.64 Å². The van der Waals surface area contributed by atoms with E-state index in [2.05, 4.69) is 4.98 Å². The van der Waals surface area contributed by atoms with Crippen LogP contribution in [0.5, 0.6) is 0 Å². The molecule has 0 aromatic carbocycles. The Morgan fingerprint density at radius 1 is 1.57 bits per heavy atom. The lowest BCUT2D eigenvalue weighted by Crippen LogP contribution is -2.24. The molecule has 4 heteroatoms. The second kappa shape index (κ2) is 5.83. The number of alkyl halides is 1. The van der Waals surface area contributed by atoms with Gasteiger partial charge in [0.05, 0.1) is 12.5 Å². The topological polar surface area (TPSA) is 25.4 Å². The van der Waals surface area contributed by atoms with Crippen molar-refractivity contribution in [3.05, 3.63) is 23.9 Å². The molecule has 0 spiro atoms. The van der Waals surface area contributed by atoms with Crippen LogP contribution < -0.4 is 4.90 Å². The molecule has 0 aliphatic carbocycles. The quantitative estimate of drug-likeness (QED) is 0.701. The Hall–Kier alpha value is -0.800. The summed E-state index contributed by atoms with van der Waals surface area (Å²) in [5, 5.41) is 0. The number of ether oxygens (including phenoxy) is 1. The van der Waals surface area contributed by atoms with E-state index in [9.17, 15) is 0 Å². The van der Waals surface area contributed by atoms with Crippen LogP contribution in [0.3, 0.4) is 0 Å². The average Bonchev–Trinajstić information content (AvgIpc) is 2.25. The molecule has 1 rings (SSSR count). The molecule has 0 saturated carbocycles. The van der Waals surface area contributed by atoms with Gasteiger partial charge in [0, 0.05) is 32.5 Å². The first-order chi connectivity index (χ1) is 6.79. The number of nitrogens with zero attached hydrogens (tertiary/aromatic N) is 2. The van der Waals surface area contributed by atoms with Gasteiger partial charge in [-0.15, -0.1) is 11.6 Å². The summed E-state index contributed by atoms with van der Waals surface area (Å²) >= 11 is 5.81. The minimum absolute atomic E-state index is 0.487. The zero-order chi connectivity index (χ0) is 10.4. The van der Waals surface area contributed by atoms with Crippen LogP contribution in [0.2, 0.25) is 0 Å². The van der Waals surface area contributed by atoms with Crippen LogP contribution in [0.4, 0.5) is 5.82 Å². The smallest absolute Gasteiger partial charge is 0.132 e. The van der Waals surface area contributed by atoms with Gasteiger partial charge in [-0.25, -0.2) is 4.98 Å². The second-order valence-electron chi connectivity index (χ2n) is 3.03. The Labute approximate surface area is 89.7 Å². The van der Waals surface area contributed by atoms with Crippen LogP contribution in [0.1, 0.15) is 5.56 Å². The zero-order valence-corrected chi connectivity index (χ0v) is 9.29. The summed E-state index contributed by atoms with van der Waals surface area (Å²) in [4.78, 5) is 6.33. The van der Waals surface area contributed by atoms with E-state index in [1.165, 1.54) is 0 Å². The third kappa shape index (κ3) is 2.86. The van der Waals surface area contributed by atoms with Crippen LogP contribution in [-0.2, 0) is 10.6 Å². The van der Waals surface area contributed by atoms with Crippen LogP contribution in [-0.4, -0.2) is 32.3 Å². The van der Waals surface area contributed by atoms with Gasteiger partial charge in [-0.1, -0.05) is 6.07 Å². The molecule has 0 amide bonds. The molecule has 0 atom stereocenters. The first kappa shape index (κ1) is 11.3. The normalized spacial score (nSPS) is 10.2. The Bertz CT molecular complexity index is 281. The van der Waals surface area contributed by atoms with Crippen molar-refractivity contribution in [2.45, 2.75) is 5.88 Å². The molecule has 78 valence electrons. The Morgan fingerprint density at radius 3 is 3.00 bits per heavy atom. The van der Waals surface area contributed by atoms with Crippen molar-refractivity contribution in [2.24, 2.45) is 0 Å². The summed E-state index contributed by atoms with van der Waals surface area (Å²) in [5.41, 5.74) is 1.05. The Morgan fingerprint density at radius 2 is 2.36 bits per heavy atom. The summed E-state index contributed by atoms with van der Waals surface area (Å²) < 4.78 is 5.01. The van der Waals surface area contributed by atoms with Crippen molar-refractivity contribution in [2.75, 3.05) is 32.2 Å². The van der Waals surface area contributed by atoms with Gasteiger partial charge in [-0.05, 0) is 6.07 Å². The maximum absolute atomic E-state index is 5.81. The number of aromatic nitrogens is 1. The van der Waals surface area contributed by atoms with E-state index < -0.39 is 0 Å². The fourth-order valence-electron chi connectivity index (χ4n) is 1.21. The van der Waals surface area contributed by atoms with Crippen molar-refractivity contribution in [3.63, 3.8) is 0 Å². The number of halogens is 1. The van der Waals surface area contributed by atoms with Crippen molar-refractivity contribution in [3.8, 4) is 0 Å². The number of pyridine rings is 1. The first-order valence-corrected chi connectivity index (χ1v) is 5.03. The molecule has 1 heterocycles. The largest absolute Gasteiger partial charge is 0.383 e. The fraction of sp³-hybridized carbons (Fsp3) is 0.500. The summed E-state index contributed by atoms with van der Waals surface area (Å²) in [5.74, 6) is 1.42. The van der Waals surface area contributed by atoms with E-state index in [-0.39, 0.29) is 0 Å². The standard InChI is InChI=1S/C10H15ClN2O/c1-13(6-7-14-2)10-9(8-11)4-3-5-12-10/h3-5H,6-8H2,1-2H3. The number of likely N-dealkylation sites (N-methyl/N-ethyl adjacent to an activating group) is 1. The lowest BCUT2D eigenvalue weighted by atomic mass is 10.3. The second-order valence-corrected chi connectivity index (χ2v) is 3.30. The molecule has 0 N–H and O–H groups in total. The molecule has 0 aliphatic rings. The lowest BCUT2D eigenvalue weighted by molar-refractivity contribution is 0.206. The predicted molar refractivity (Wildman–Crippen MR) is 58.9 cm³/mol. The van der Waals surface area contributed by atoms with Gasteiger partial charge in [0.25, 0.3) is 0 Å². The van der Waals surface area contributed by atoms with Crippen molar-refractivity contribution < 1.29 is 4.74 Å². The molecule has 3 nitrogen and oxygen atoms in total. The Balaban J connectivity index is 2.72. The first-order valence-electron chi connectivity index (χ1n) is 4.49. The average molecular weight is 215 g/mol. The van der Waals surface area contributed by atoms with Gasteiger partial charge in [0.2, 0.25) is 0 Å². The monoisotopic (exact) mass is 214 g/mol. The van der Waals surface area contributed by atoms with Gasteiger partial charge in [0.15, 0.2) is 0 Å². The molecule has 0 saturated heterocycles. The van der Waals surface area contributed by atoms with E-state index in [0.29, 0.717) is 12.5 Å². The molecule has 0 aliphatic heterocycles. The SMILES string of the molecule is COCCN(C)c1ncccc1CCl. The van der Waals surface area contributed by atoms with Crippen molar-refractivity contribution in [1.29, 1.82) is 0 Å². The fourth-order valence-corrected chi connectivity index (χ4v) is 1.42. The number of anilines is 1. The van der Waals surface area contributed by atoms with Crippen molar-refractivity contribution in [1.82, 2.24) is 4.98 Å². The molecular formula is C10H15ClN2O. The Kier molecular flexibility index (Phi) is 4.70. The van der Waals surface area contributed by atoms with Crippen LogP contribution in [0, 0.1) is 0 Å². The molecular weight excluding hydrogens is 200 g/mol. The highest BCUT2D eigenvalue weighted by Gasteiger charge is 2.06. The molecule has 14 heavy (non-hydrogen) atoms. The summed E-state index contributed by atoms with van der Waals surface area (Å²) in [6, 6.07) is 3.88.